The van der Waals surface area contributed by atoms with Crippen molar-refractivity contribution in [1.29, 1.82) is 0 Å². The molecule has 0 aromatic carbocycles. The number of hydrogen-bond acceptors (Lipinski definition) is 4. The zero-order valence-electron chi connectivity index (χ0n) is 10.0. The molecule has 0 atom stereocenters. The third kappa shape index (κ3) is 6.16. The molecule has 1 rings (SSSR count). The molecule has 0 bridgehead atoms. The molecule has 8 heteroatoms. The molecule has 5 nitrogen and oxygen atoms in total. The summed E-state index contributed by atoms with van der Waals surface area (Å²) in [6.45, 7) is 0.0258. The summed E-state index contributed by atoms with van der Waals surface area (Å²) >= 11 is 0. The molecule has 1 aromatic heterocycles. The summed E-state index contributed by atoms with van der Waals surface area (Å²) in [7, 11) is 0. The molecule has 0 saturated carbocycles. The fourth-order valence-electron chi connectivity index (χ4n) is 1.31. The number of alkyl halides is 3. The van der Waals surface area contributed by atoms with Gasteiger partial charge in [-0.05, 0) is 18.6 Å². The smallest absolute Gasteiger partial charge is 0.375 e. The maximum atomic E-state index is 11.9. The number of aromatic nitrogens is 1. The standard InChI is InChI=1S/C11H14F3N3O2/c12-11(13,14)5-2-6-19-7-8-3-1-4-9(16-8)10(18)17-15/h1,3-4H,2,5-7,15H2,(H,17,18). The number of ether oxygens (including phenoxy) is 1. The van der Waals surface area contributed by atoms with E-state index >= 15 is 0 Å². The Bertz CT molecular complexity index is 424. The second kappa shape index (κ2) is 7.05. The van der Waals surface area contributed by atoms with Crippen molar-refractivity contribution < 1.29 is 22.7 Å². The minimum atomic E-state index is -4.17. The summed E-state index contributed by atoms with van der Waals surface area (Å²) in [5, 5.41) is 0. The van der Waals surface area contributed by atoms with Gasteiger partial charge in [0.2, 0.25) is 0 Å². The number of halogens is 3. The second-order valence-corrected chi connectivity index (χ2v) is 3.76. The van der Waals surface area contributed by atoms with Crippen molar-refractivity contribution in [1.82, 2.24) is 10.4 Å². The van der Waals surface area contributed by atoms with Crippen LogP contribution in [0.5, 0.6) is 0 Å². The maximum absolute atomic E-state index is 11.9. The lowest BCUT2D eigenvalue weighted by Crippen LogP contribution is -2.30. The predicted molar refractivity (Wildman–Crippen MR) is 60.8 cm³/mol. The highest BCUT2D eigenvalue weighted by Crippen LogP contribution is 2.21. The molecular formula is C11H14F3N3O2. The monoisotopic (exact) mass is 277 g/mol. The van der Waals surface area contributed by atoms with Gasteiger partial charge in [-0.25, -0.2) is 10.8 Å². The molecule has 0 spiro atoms. The predicted octanol–water partition coefficient (Wildman–Crippen LogP) is 1.54. The SMILES string of the molecule is NNC(=O)c1cccc(COCCCC(F)(F)F)n1. The molecule has 3 N–H and O–H groups in total. The van der Waals surface area contributed by atoms with E-state index in [1.54, 1.807) is 12.1 Å². The van der Waals surface area contributed by atoms with Crippen LogP contribution >= 0.6 is 0 Å². The number of carbonyl (C=O) groups excluding carboxylic acids is 1. The highest BCUT2D eigenvalue weighted by atomic mass is 19.4. The van der Waals surface area contributed by atoms with Gasteiger partial charge in [-0.15, -0.1) is 0 Å². The molecule has 0 saturated heterocycles. The minimum absolute atomic E-state index is 0.0193. The lowest BCUT2D eigenvalue weighted by molar-refractivity contribution is -0.138. The van der Waals surface area contributed by atoms with Gasteiger partial charge in [0, 0.05) is 13.0 Å². The highest BCUT2D eigenvalue weighted by Gasteiger charge is 2.25. The van der Waals surface area contributed by atoms with E-state index in [2.05, 4.69) is 4.98 Å². The van der Waals surface area contributed by atoms with Gasteiger partial charge in [0.1, 0.15) is 5.69 Å². The third-order valence-corrected chi connectivity index (χ3v) is 2.17. The average molecular weight is 277 g/mol. The molecule has 1 aromatic rings. The van der Waals surface area contributed by atoms with Crippen LogP contribution in [0.25, 0.3) is 0 Å². The van der Waals surface area contributed by atoms with Crippen molar-refractivity contribution in [2.24, 2.45) is 5.84 Å². The molecule has 0 aliphatic heterocycles. The van der Waals surface area contributed by atoms with Crippen molar-refractivity contribution in [3.63, 3.8) is 0 Å². The first-order valence-corrected chi connectivity index (χ1v) is 5.54. The van der Waals surface area contributed by atoms with Crippen LogP contribution in [0.4, 0.5) is 13.2 Å². The van der Waals surface area contributed by atoms with E-state index in [-0.39, 0.29) is 25.3 Å². The molecule has 0 fully saturated rings. The number of rotatable bonds is 6. The Morgan fingerprint density at radius 1 is 1.42 bits per heavy atom. The van der Waals surface area contributed by atoms with Crippen LogP contribution in [-0.2, 0) is 11.3 Å². The number of nitrogens with two attached hydrogens (primary N) is 1. The summed E-state index contributed by atoms with van der Waals surface area (Å²) in [4.78, 5) is 15.1. The molecule has 106 valence electrons. The van der Waals surface area contributed by atoms with Crippen LogP contribution in [0.15, 0.2) is 18.2 Å². The van der Waals surface area contributed by atoms with E-state index in [9.17, 15) is 18.0 Å². The normalized spacial score (nSPS) is 11.4. The Hall–Kier alpha value is -1.67. The van der Waals surface area contributed by atoms with Gasteiger partial charge in [-0.2, -0.15) is 13.2 Å². The molecule has 0 aliphatic rings. The van der Waals surface area contributed by atoms with E-state index in [1.807, 2.05) is 5.43 Å². The maximum Gasteiger partial charge on any atom is 0.389 e. The van der Waals surface area contributed by atoms with Gasteiger partial charge in [0.25, 0.3) is 5.91 Å². The van der Waals surface area contributed by atoms with Crippen LogP contribution in [0.3, 0.4) is 0 Å². The summed E-state index contributed by atoms with van der Waals surface area (Å²) in [5.41, 5.74) is 2.51. The van der Waals surface area contributed by atoms with Gasteiger partial charge >= 0.3 is 6.18 Å². The lowest BCUT2D eigenvalue weighted by atomic mass is 10.3. The van der Waals surface area contributed by atoms with E-state index in [0.29, 0.717) is 5.69 Å². The van der Waals surface area contributed by atoms with Gasteiger partial charge in [-0.1, -0.05) is 6.07 Å². The molecular weight excluding hydrogens is 263 g/mol. The van der Waals surface area contributed by atoms with E-state index in [4.69, 9.17) is 10.6 Å². The second-order valence-electron chi connectivity index (χ2n) is 3.76. The zero-order chi connectivity index (χ0) is 14.3. The number of hydrazine groups is 1. The number of amides is 1. The summed E-state index contributed by atoms with van der Waals surface area (Å²) in [6, 6.07) is 4.67. The summed E-state index contributed by atoms with van der Waals surface area (Å²) in [5.74, 6) is 4.41. The lowest BCUT2D eigenvalue weighted by Gasteiger charge is -2.07. The van der Waals surface area contributed by atoms with Gasteiger partial charge < -0.3 is 4.74 Å². The average Bonchev–Trinajstić information content (AvgIpc) is 2.36. The van der Waals surface area contributed by atoms with Crippen LogP contribution in [-0.4, -0.2) is 23.7 Å². The van der Waals surface area contributed by atoms with Crippen molar-refractivity contribution >= 4 is 5.91 Å². The Morgan fingerprint density at radius 2 is 2.16 bits per heavy atom. The van der Waals surface area contributed by atoms with Gasteiger partial charge in [-0.3, -0.25) is 10.2 Å². The van der Waals surface area contributed by atoms with E-state index in [1.165, 1.54) is 6.07 Å². The van der Waals surface area contributed by atoms with Gasteiger partial charge in [0.05, 0.1) is 12.3 Å². The Kier molecular flexibility index (Phi) is 5.71. The Labute approximate surface area is 107 Å². The molecule has 19 heavy (non-hydrogen) atoms. The highest BCUT2D eigenvalue weighted by molar-refractivity contribution is 5.91. The van der Waals surface area contributed by atoms with Crippen LogP contribution in [0, 0.1) is 0 Å². The van der Waals surface area contributed by atoms with Crippen LogP contribution in [0.2, 0.25) is 0 Å². The molecule has 1 amide bonds. The van der Waals surface area contributed by atoms with Crippen molar-refractivity contribution in [3.05, 3.63) is 29.6 Å². The number of carbonyl (C=O) groups is 1. The third-order valence-electron chi connectivity index (χ3n) is 2.17. The largest absolute Gasteiger partial charge is 0.389 e. The van der Waals surface area contributed by atoms with Crippen LogP contribution in [0.1, 0.15) is 29.0 Å². The van der Waals surface area contributed by atoms with Crippen LogP contribution < -0.4 is 11.3 Å². The van der Waals surface area contributed by atoms with Crippen molar-refractivity contribution in [3.8, 4) is 0 Å². The molecule has 1 heterocycles. The number of hydrogen-bond donors (Lipinski definition) is 2. The first-order chi connectivity index (χ1) is 8.92. The van der Waals surface area contributed by atoms with Gasteiger partial charge in [0.15, 0.2) is 0 Å². The number of nitrogens with zero attached hydrogens (tertiary/aromatic N) is 1. The molecule has 0 unspecified atom stereocenters. The number of pyridine rings is 1. The number of nitrogens with one attached hydrogen (secondary N) is 1. The Morgan fingerprint density at radius 3 is 2.79 bits per heavy atom. The number of nitrogen functional groups attached to an aromatic ring is 1. The quantitative estimate of drug-likeness (QED) is 0.358. The molecule has 0 radical (unpaired) electrons. The zero-order valence-corrected chi connectivity index (χ0v) is 10.0. The summed E-state index contributed by atoms with van der Waals surface area (Å²) < 4.78 is 40.6. The first kappa shape index (κ1) is 15.4. The Balaban J connectivity index is 2.35. The fraction of sp³-hybridized carbons (Fsp3) is 0.455. The van der Waals surface area contributed by atoms with Crippen molar-refractivity contribution in [2.75, 3.05) is 6.61 Å². The van der Waals surface area contributed by atoms with Crippen molar-refractivity contribution in [2.45, 2.75) is 25.6 Å². The topological polar surface area (TPSA) is 77.2 Å². The first-order valence-electron chi connectivity index (χ1n) is 5.54. The fourth-order valence-corrected chi connectivity index (χ4v) is 1.31. The molecule has 0 aliphatic carbocycles. The summed E-state index contributed by atoms with van der Waals surface area (Å²) in [6.07, 6.45) is -5.15. The minimum Gasteiger partial charge on any atom is -0.375 e. The van der Waals surface area contributed by atoms with E-state index < -0.39 is 18.5 Å². The van der Waals surface area contributed by atoms with E-state index in [0.717, 1.165) is 0 Å².